The Morgan fingerprint density at radius 1 is 0.696 bits per heavy atom. The maximum atomic E-state index is 12.0. The molecule has 0 radical (unpaired) electrons. The van der Waals surface area contributed by atoms with E-state index < -0.39 is 0 Å². The molecule has 0 N–H and O–H groups in total. The molecular formula is C21H19NO. The summed E-state index contributed by atoms with van der Waals surface area (Å²) in [6.45, 7) is 0.463. The highest BCUT2D eigenvalue weighted by Gasteiger charge is 2.00. The molecule has 0 amide bonds. The first-order chi connectivity index (χ1) is 11.3. The summed E-state index contributed by atoms with van der Waals surface area (Å²) in [5.41, 5.74) is 4.44. The predicted molar refractivity (Wildman–Crippen MR) is 95.7 cm³/mol. The van der Waals surface area contributed by atoms with Crippen molar-refractivity contribution in [1.29, 1.82) is 0 Å². The Morgan fingerprint density at radius 3 is 1.91 bits per heavy atom. The standard InChI is InChI=1S/C21H19NO/c23-22(16-15-18-7-3-1-4-8-18)17-19-11-13-21(14-12-19)20-9-5-2-6-10-20/h1-14,17H,15-16H2/b22-17-. The van der Waals surface area contributed by atoms with Gasteiger partial charge in [-0.1, -0.05) is 72.8 Å². The third kappa shape index (κ3) is 4.30. The van der Waals surface area contributed by atoms with E-state index >= 15 is 0 Å². The normalized spacial score (nSPS) is 11.4. The molecule has 2 heteroatoms. The minimum Gasteiger partial charge on any atom is -0.624 e. The van der Waals surface area contributed by atoms with Gasteiger partial charge in [0, 0.05) is 12.0 Å². The summed E-state index contributed by atoms with van der Waals surface area (Å²) in [7, 11) is 0. The van der Waals surface area contributed by atoms with Crippen molar-refractivity contribution in [3.8, 4) is 11.1 Å². The molecule has 2 nitrogen and oxygen atoms in total. The summed E-state index contributed by atoms with van der Waals surface area (Å²) in [5.74, 6) is 0. The first-order valence-corrected chi connectivity index (χ1v) is 7.79. The van der Waals surface area contributed by atoms with Gasteiger partial charge in [0.05, 0.1) is 0 Å². The summed E-state index contributed by atoms with van der Waals surface area (Å²) < 4.78 is 1.00. The number of hydroxylamine groups is 1. The van der Waals surface area contributed by atoms with Crippen LogP contribution in [-0.4, -0.2) is 17.5 Å². The molecule has 0 bridgehead atoms. The van der Waals surface area contributed by atoms with Crippen molar-refractivity contribution in [2.24, 2.45) is 0 Å². The summed E-state index contributed by atoms with van der Waals surface area (Å²) in [6.07, 6.45) is 2.40. The smallest absolute Gasteiger partial charge is 0.181 e. The minimum absolute atomic E-state index is 0.463. The van der Waals surface area contributed by atoms with E-state index in [4.69, 9.17) is 0 Å². The Morgan fingerprint density at radius 2 is 1.26 bits per heavy atom. The van der Waals surface area contributed by atoms with Crippen molar-refractivity contribution in [3.63, 3.8) is 0 Å². The second kappa shape index (κ2) is 7.41. The number of hydrogen-bond donors (Lipinski definition) is 0. The minimum atomic E-state index is 0.463. The van der Waals surface area contributed by atoms with Crippen LogP contribution in [0.25, 0.3) is 11.1 Å². The molecule has 0 aliphatic heterocycles. The Bertz CT molecular complexity index is 762. The van der Waals surface area contributed by atoms with Gasteiger partial charge < -0.3 is 5.21 Å². The Hall–Kier alpha value is -2.87. The van der Waals surface area contributed by atoms with Crippen LogP contribution in [0.4, 0.5) is 0 Å². The van der Waals surface area contributed by atoms with Crippen molar-refractivity contribution in [3.05, 3.63) is 101 Å². The Labute approximate surface area is 136 Å². The molecule has 3 aromatic rings. The molecule has 0 heterocycles. The molecule has 23 heavy (non-hydrogen) atoms. The summed E-state index contributed by atoms with van der Waals surface area (Å²) >= 11 is 0. The van der Waals surface area contributed by atoms with E-state index in [1.54, 1.807) is 6.21 Å². The second-order valence-electron chi connectivity index (χ2n) is 5.49. The van der Waals surface area contributed by atoms with Crippen LogP contribution in [0.1, 0.15) is 11.1 Å². The predicted octanol–water partition coefficient (Wildman–Crippen LogP) is 4.53. The van der Waals surface area contributed by atoms with Crippen LogP contribution in [0.15, 0.2) is 84.9 Å². The van der Waals surface area contributed by atoms with Gasteiger partial charge in [-0.15, -0.1) is 0 Å². The van der Waals surface area contributed by atoms with Gasteiger partial charge in [-0.2, -0.15) is 0 Å². The fourth-order valence-corrected chi connectivity index (χ4v) is 2.51. The molecule has 0 saturated heterocycles. The van der Waals surface area contributed by atoms with E-state index in [-0.39, 0.29) is 0 Å². The van der Waals surface area contributed by atoms with Crippen LogP contribution in [-0.2, 0) is 6.42 Å². The lowest BCUT2D eigenvalue weighted by Gasteiger charge is -2.05. The van der Waals surface area contributed by atoms with Crippen LogP contribution in [0.3, 0.4) is 0 Å². The van der Waals surface area contributed by atoms with Crippen molar-refractivity contribution in [2.75, 3.05) is 6.54 Å². The van der Waals surface area contributed by atoms with E-state index in [1.165, 1.54) is 11.1 Å². The molecule has 0 aliphatic rings. The van der Waals surface area contributed by atoms with Gasteiger partial charge in [0.1, 0.15) is 0 Å². The van der Waals surface area contributed by atoms with E-state index in [1.807, 2.05) is 72.8 Å². The SMILES string of the molecule is [O-]/[N+](=C\c1ccc(-c2ccccc2)cc1)CCc1ccccc1. The van der Waals surface area contributed by atoms with Crippen LogP contribution in [0, 0.1) is 5.21 Å². The maximum absolute atomic E-state index is 12.0. The highest BCUT2D eigenvalue weighted by molar-refractivity contribution is 5.77. The van der Waals surface area contributed by atoms with Crippen LogP contribution < -0.4 is 0 Å². The number of nitrogens with zero attached hydrogens (tertiary/aromatic N) is 1. The monoisotopic (exact) mass is 301 g/mol. The zero-order valence-corrected chi connectivity index (χ0v) is 12.9. The maximum Gasteiger partial charge on any atom is 0.181 e. The van der Waals surface area contributed by atoms with Gasteiger partial charge in [-0.25, -0.2) is 4.74 Å². The molecule has 0 aromatic heterocycles. The fraction of sp³-hybridized carbons (Fsp3) is 0.0952. The molecular weight excluding hydrogens is 282 g/mol. The summed E-state index contributed by atoms with van der Waals surface area (Å²) in [5, 5.41) is 12.0. The Kier molecular flexibility index (Phi) is 4.85. The topological polar surface area (TPSA) is 26.1 Å². The van der Waals surface area contributed by atoms with Gasteiger partial charge in [0.2, 0.25) is 0 Å². The highest BCUT2D eigenvalue weighted by atomic mass is 16.5. The molecule has 0 spiro atoms. The largest absolute Gasteiger partial charge is 0.624 e. The molecule has 0 fully saturated rings. The third-order valence-corrected chi connectivity index (χ3v) is 3.77. The average molecular weight is 301 g/mol. The first kappa shape index (κ1) is 15.0. The first-order valence-electron chi connectivity index (χ1n) is 7.79. The van der Waals surface area contributed by atoms with Crippen LogP contribution in [0.5, 0.6) is 0 Å². The molecule has 114 valence electrons. The van der Waals surface area contributed by atoms with Gasteiger partial charge in [-0.05, 0) is 28.8 Å². The quantitative estimate of drug-likeness (QED) is 0.294. The van der Waals surface area contributed by atoms with E-state index in [0.29, 0.717) is 6.54 Å². The zero-order chi connectivity index (χ0) is 15.9. The second-order valence-corrected chi connectivity index (χ2v) is 5.49. The lowest BCUT2D eigenvalue weighted by Crippen LogP contribution is -2.10. The van der Waals surface area contributed by atoms with Crippen molar-refractivity contribution >= 4 is 6.21 Å². The van der Waals surface area contributed by atoms with Crippen LogP contribution in [0.2, 0.25) is 0 Å². The van der Waals surface area contributed by atoms with Crippen molar-refractivity contribution in [1.82, 2.24) is 0 Å². The molecule has 0 saturated carbocycles. The van der Waals surface area contributed by atoms with Gasteiger partial charge in [0.15, 0.2) is 12.8 Å². The van der Waals surface area contributed by atoms with Gasteiger partial charge in [-0.3, -0.25) is 0 Å². The van der Waals surface area contributed by atoms with E-state index in [9.17, 15) is 5.21 Å². The van der Waals surface area contributed by atoms with E-state index in [0.717, 1.165) is 22.3 Å². The number of rotatable bonds is 5. The Balaban J connectivity index is 1.65. The molecule has 3 aromatic carbocycles. The number of hydrogen-bond acceptors (Lipinski definition) is 1. The van der Waals surface area contributed by atoms with Crippen molar-refractivity contribution < 1.29 is 4.74 Å². The average Bonchev–Trinajstić information content (AvgIpc) is 2.62. The van der Waals surface area contributed by atoms with Gasteiger partial charge in [0.25, 0.3) is 0 Å². The van der Waals surface area contributed by atoms with Crippen molar-refractivity contribution in [2.45, 2.75) is 6.42 Å². The van der Waals surface area contributed by atoms with Crippen LogP contribution >= 0.6 is 0 Å². The lowest BCUT2D eigenvalue weighted by atomic mass is 10.0. The van der Waals surface area contributed by atoms with Gasteiger partial charge >= 0.3 is 0 Å². The fourth-order valence-electron chi connectivity index (χ4n) is 2.51. The summed E-state index contributed by atoms with van der Waals surface area (Å²) in [6, 6.07) is 28.3. The number of benzene rings is 3. The highest BCUT2D eigenvalue weighted by Crippen LogP contribution is 2.18. The molecule has 0 atom stereocenters. The van der Waals surface area contributed by atoms with E-state index in [2.05, 4.69) is 12.1 Å². The lowest BCUT2D eigenvalue weighted by molar-refractivity contribution is -0.451. The molecule has 0 unspecified atom stereocenters. The summed E-state index contributed by atoms with van der Waals surface area (Å²) in [4.78, 5) is 0. The third-order valence-electron chi connectivity index (χ3n) is 3.77. The molecule has 0 aliphatic carbocycles. The zero-order valence-electron chi connectivity index (χ0n) is 12.9. The molecule has 3 rings (SSSR count).